The van der Waals surface area contributed by atoms with Gasteiger partial charge in [0.25, 0.3) is 5.56 Å². The molecule has 1 aliphatic heterocycles. The van der Waals surface area contributed by atoms with Crippen LogP contribution in [0.5, 0.6) is 5.75 Å². The highest BCUT2D eigenvalue weighted by Gasteiger charge is 2.25. The zero-order valence-electron chi connectivity index (χ0n) is 18.0. The third kappa shape index (κ3) is 4.45. The van der Waals surface area contributed by atoms with Gasteiger partial charge >= 0.3 is 6.03 Å². The number of fused-ring (bicyclic) bond motifs is 1. The van der Waals surface area contributed by atoms with E-state index in [1.54, 1.807) is 12.0 Å². The smallest absolute Gasteiger partial charge is 0.322 e. The summed E-state index contributed by atoms with van der Waals surface area (Å²) >= 11 is 0. The van der Waals surface area contributed by atoms with Crippen molar-refractivity contribution in [2.75, 3.05) is 19.0 Å². The summed E-state index contributed by atoms with van der Waals surface area (Å²) in [5.41, 5.74) is 4.97. The van der Waals surface area contributed by atoms with E-state index < -0.39 is 0 Å². The number of anilines is 1. The van der Waals surface area contributed by atoms with Gasteiger partial charge in [0.1, 0.15) is 11.6 Å². The Morgan fingerprint density at radius 2 is 1.94 bits per heavy atom. The van der Waals surface area contributed by atoms with Crippen LogP contribution in [0.3, 0.4) is 0 Å². The van der Waals surface area contributed by atoms with Gasteiger partial charge in [-0.3, -0.25) is 4.79 Å². The largest absolute Gasteiger partial charge is 0.497 e. The molecule has 0 bridgehead atoms. The van der Waals surface area contributed by atoms with Crippen LogP contribution in [0.4, 0.5) is 10.5 Å². The van der Waals surface area contributed by atoms with E-state index in [9.17, 15) is 9.59 Å². The van der Waals surface area contributed by atoms with E-state index in [1.165, 1.54) is 0 Å². The lowest BCUT2D eigenvalue weighted by atomic mass is 10.1. The summed E-state index contributed by atoms with van der Waals surface area (Å²) in [4.78, 5) is 34.8. The van der Waals surface area contributed by atoms with Crippen molar-refractivity contribution in [2.24, 2.45) is 0 Å². The molecule has 0 atom stereocenters. The first-order chi connectivity index (χ1) is 14.9. The molecule has 0 saturated carbocycles. The highest BCUT2D eigenvalue weighted by molar-refractivity contribution is 5.91. The fourth-order valence-corrected chi connectivity index (χ4v) is 3.91. The summed E-state index contributed by atoms with van der Waals surface area (Å²) in [6.07, 6.45) is 1.06. The minimum Gasteiger partial charge on any atom is -0.497 e. The van der Waals surface area contributed by atoms with Crippen molar-refractivity contribution in [2.45, 2.75) is 33.2 Å². The number of aromatic nitrogens is 2. The lowest BCUT2D eigenvalue weighted by Crippen LogP contribution is -2.42. The molecule has 0 spiro atoms. The molecule has 1 aromatic heterocycles. The number of hydrogen-bond acceptors (Lipinski definition) is 4. The normalized spacial score (nSPS) is 12.9. The molecule has 3 aromatic rings. The topological polar surface area (TPSA) is 87.3 Å². The number of rotatable bonds is 4. The van der Waals surface area contributed by atoms with Gasteiger partial charge in [0.15, 0.2) is 0 Å². The lowest BCUT2D eigenvalue weighted by molar-refractivity contribution is 0.205. The highest BCUT2D eigenvalue weighted by Crippen LogP contribution is 2.22. The molecule has 1 aliphatic rings. The van der Waals surface area contributed by atoms with Crippen molar-refractivity contribution in [3.05, 3.63) is 86.6 Å². The predicted molar refractivity (Wildman–Crippen MR) is 120 cm³/mol. The molecule has 0 unspecified atom stereocenters. The van der Waals surface area contributed by atoms with Gasteiger partial charge in [0.2, 0.25) is 0 Å². The molecule has 2 amide bonds. The Morgan fingerprint density at radius 1 is 1.19 bits per heavy atom. The predicted octanol–water partition coefficient (Wildman–Crippen LogP) is 3.58. The maximum Gasteiger partial charge on any atom is 0.322 e. The number of amides is 2. The Balaban J connectivity index is 1.50. The zero-order chi connectivity index (χ0) is 22.0. The molecule has 2 aromatic carbocycles. The number of H-pyrrole nitrogens is 1. The standard InChI is InChI=1S/C24H26N4O3/c1-15-6-4-7-16(2)22(15)27-24(30)28-11-10-20-19(14-28)23(29)26-21(25-20)13-17-8-5-9-18(12-17)31-3/h4-9,12H,10-11,13-14H2,1-3H3,(H,27,30)(H,25,26,29). The third-order valence-corrected chi connectivity index (χ3v) is 5.62. The number of methoxy groups -OCH3 is 1. The number of aryl methyl sites for hydroxylation is 2. The Labute approximate surface area is 181 Å². The van der Waals surface area contributed by atoms with Crippen LogP contribution in [0.15, 0.2) is 47.3 Å². The number of para-hydroxylation sites is 1. The van der Waals surface area contributed by atoms with Crippen LogP contribution in [0.25, 0.3) is 0 Å². The minimum atomic E-state index is -0.206. The van der Waals surface area contributed by atoms with Gasteiger partial charge < -0.3 is 19.9 Å². The van der Waals surface area contributed by atoms with Crippen LogP contribution in [-0.2, 0) is 19.4 Å². The van der Waals surface area contributed by atoms with Gasteiger partial charge in [-0.05, 0) is 42.7 Å². The Bertz CT molecular complexity index is 1170. The summed E-state index contributed by atoms with van der Waals surface area (Å²) in [5.74, 6) is 1.38. The molecule has 2 heterocycles. The lowest BCUT2D eigenvalue weighted by Gasteiger charge is -2.28. The Kier molecular flexibility index (Phi) is 5.75. The van der Waals surface area contributed by atoms with Gasteiger partial charge in [0.05, 0.1) is 24.9 Å². The molecule has 0 radical (unpaired) electrons. The van der Waals surface area contributed by atoms with E-state index in [2.05, 4.69) is 15.3 Å². The molecule has 160 valence electrons. The monoisotopic (exact) mass is 418 g/mol. The number of carbonyl (C=O) groups excluding carboxylic acids is 1. The average molecular weight is 418 g/mol. The van der Waals surface area contributed by atoms with Crippen molar-refractivity contribution in [1.82, 2.24) is 14.9 Å². The summed E-state index contributed by atoms with van der Waals surface area (Å²) in [7, 11) is 1.63. The number of benzene rings is 2. The molecule has 0 aliphatic carbocycles. The van der Waals surface area contributed by atoms with Gasteiger partial charge in [-0.15, -0.1) is 0 Å². The van der Waals surface area contributed by atoms with Crippen LogP contribution in [0.1, 0.15) is 33.8 Å². The van der Waals surface area contributed by atoms with Crippen LogP contribution in [-0.4, -0.2) is 34.6 Å². The summed E-state index contributed by atoms with van der Waals surface area (Å²) < 4.78 is 5.26. The van der Waals surface area contributed by atoms with Crippen LogP contribution >= 0.6 is 0 Å². The van der Waals surface area contributed by atoms with Gasteiger partial charge in [-0.2, -0.15) is 0 Å². The molecular formula is C24H26N4O3. The summed E-state index contributed by atoms with van der Waals surface area (Å²) in [5, 5.41) is 3.00. The van der Waals surface area contributed by atoms with E-state index in [4.69, 9.17) is 4.74 Å². The number of nitrogens with zero attached hydrogens (tertiary/aromatic N) is 2. The fraction of sp³-hybridized carbons (Fsp3) is 0.292. The van der Waals surface area contributed by atoms with Crippen LogP contribution < -0.4 is 15.6 Å². The van der Waals surface area contributed by atoms with Crippen molar-refractivity contribution in [1.29, 1.82) is 0 Å². The van der Waals surface area contributed by atoms with Gasteiger partial charge in [-0.25, -0.2) is 9.78 Å². The van der Waals surface area contributed by atoms with E-state index in [0.717, 1.165) is 33.8 Å². The molecule has 0 fully saturated rings. The molecule has 7 heteroatoms. The molecular weight excluding hydrogens is 392 g/mol. The SMILES string of the molecule is COc1cccc(Cc2nc3c(c(=O)[nH]2)CN(C(=O)Nc2c(C)cccc2C)CC3)c1. The molecule has 4 rings (SSSR count). The number of hydrogen-bond donors (Lipinski definition) is 2. The van der Waals surface area contributed by atoms with Crippen LogP contribution in [0, 0.1) is 13.8 Å². The average Bonchev–Trinajstić information content (AvgIpc) is 2.76. The summed E-state index contributed by atoms with van der Waals surface area (Å²) in [6, 6.07) is 13.4. The molecule has 2 N–H and O–H groups in total. The second-order valence-electron chi connectivity index (χ2n) is 7.83. The Hall–Kier alpha value is -3.61. The number of nitrogens with one attached hydrogen (secondary N) is 2. The van der Waals surface area contributed by atoms with Gasteiger partial charge in [0, 0.05) is 25.1 Å². The van der Waals surface area contributed by atoms with Crippen molar-refractivity contribution >= 4 is 11.7 Å². The Morgan fingerprint density at radius 3 is 2.68 bits per heavy atom. The fourth-order valence-electron chi connectivity index (χ4n) is 3.91. The van der Waals surface area contributed by atoms with Crippen molar-refractivity contribution in [3.63, 3.8) is 0 Å². The number of urea groups is 1. The van der Waals surface area contributed by atoms with Crippen molar-refractivity contribution in [3.8, 4) is 5.75 Å². The molecule has 0 saturated heterocycles. The second-order valence-corrected chi connectivity index (χ2v) is 7.83. The first kappa shape index (κ1) is 20.7. The number of ether oxygens (including phenoxy) is 1. The van der Waals surface area contributed by atoms with E-state index in [1.807, 2.05) is 56.3 Å². The number of carbonyl (C=O) groups is 1. The summed E-state index contributed by atoms with van der Waals surface area (Å²) in [6.45, 7) is 4.69. The quantitative estimate of drug-likeness (QED) is 0.678. The van der Waals surface area contributed by atoms with Crippen LogP contribution in [0.2, 0.25) is 0 Å². The zero-order valence-corrected chi connectivity index (χ0v) is 18.0. The molecule has 7 nitrogen and oxygen atoms in total. The maximum absolute atomic E-state index is 12.8. The first-order valence-electron chi connectivity index (χ1n) is 10.3. The number of aromatic amines is 1. The van der Waals surface area contributed by atoms with Gasteiger partial charge in [-0.1, -0.05) is 30.3 Å². The third-order valence-electron chi connectivity index (χ3n) is 5.62. The maximum atomic E-state index is 12.8. The first-order valence-corrected chi connectivity index (χ1v) is 10.3. The van der Waals surface area contributed by atoms with Crippen molar-refractivity contribution < 1.29 is 9.53 Å². The molecule has 31 heavy (non-hydrogen) atoms. The second kappa shape index (κ2) is 8.63. The minimum absolute atomic E-state index is 0.188. The van der Waals surface area contributed by atoms with E-state index in [0.29, 0.717) is 30.8 Å². The van der Waals surface area contributed by atoms with E-state index in [-0.39, 0.29) is 18.1 Å². The highest BCUT2D eigenvalue weighted by atomic mass is 16.5. The van der Waals surface area contributed by atoms with E-state index >= 15 is 0 Å².